The smallest absolute Gasteiger partial charge is 0.0307 e. The number of rotatable bonds is 0. The van der Waals surface area contributed by atoms with E-state index in [1.165, 1.54) is 28.6 Å². The van der Waals surface area contributed by atoms with Crippen molar-refractivity contribution in [2.24, 2.45) is 0 Å². The molecule has 1 fully saturated rings. The van der Waals surface area contributed by atoms with Crippen molar-refractivity contribution >= 4 is 28.6 Å². The molecule has 0 nitrogen and oxygen atoms in total. The standard InChI is InChI=1S/C3H6Si3/c1-4-2-6-3-5-1/h1-3H2. The molecule has 1 aliphatic rings. The number of hydrogen-bond acceptors (Lipinski definition) is 0. The van der Waals surface area contributed by atoms with E-state index in [1.54, 1.807) is 17.0 Å². The molecular formula is C3H6Si3. The van der Waals surface area contributed by atoms with Gasteiger partial charge in [0, 0.05) is 28.6 Å². The maximum absolute atomic E-state index is 1.56. The highest BCUT2D eigenvalue weighted by atomic mass is 28.3. The Morgan fingerprint density at radius 2 is 1.00 bits per heavy atom. The van der Waals surface area contributed by atoms with Crippen LogP contribution in [0.25, 0.3) is 0 Å². The van der Waals surface area contributed by atoms with Crippen molar-refractivity contribution in [3.63, 3.8) is 0 Å². The fraction of sp³-hybridized carbons (Fsp3) is 1.00. The van der Waals surface area contributed by atoms with Gasteiger partial charge < -0.3 is 0 Å². The van der Waals surface area contributed by atoms with Crippen LogP contribution in [0.1, 0.15) is 0 Å². The summed E-state index contributed by atoms with van der Waals surface area (Å²) in [6.45, 7) is 0. The van der Waals surface area contributed by atoms with Crippen LogP contribution in [0, 0.1) is 0 Å². The first-order valence-corrected chi connectivity index (χ1v) is 6.36. The summed E-state index contributed by atoms with van der Waals surface area (Å²) in [6, 6.07) is 0. The van der Waals surface area contributed by atoms with Gasteiger partial charge in [-0.1, -0.05) is 17.0 Å². The van der Waals surface area contributed by atoms with Crippen LogP contribution in [0.2, 0.25) is 17.0 Å². The van der Waals surface area contributed by atoms with Gasteiger partial charge in [0.15, 0.2) is 0 Å². The van der Waals surface area contributed by atoms with Gasteiger partial charge in [-0.2, -0.15) is 0 Å². The lowest BCUT2D eigenvalue weighted by Crippen LogP contribution is -2.10. The van der Waals surface area contributed by atoms with Gasteiger partial charge in [-0.3, -0.25) is 0 Å². The zero-order valence-corrected chi connectivity index (χ0v) is 6.62. The lowest BCUT2D eigenvalue weighted by molar-refractivity contribution is 1.71. The average molecular weight is 126 g/mol. The summed E-state index contributed by atoms with van der Waals surface area (Å²) in [7, 11) is 3.98. The molecule has 0 bridgehead atoms. The molecule has 0 unspecified atom stereocenters. The summed E-state index contributed by atoms with van der Waals surface area (Å²) in [4.78, 5) is 0. The quantitative estimate of drug-likeness (QED) is 0.408. The highest BCUT2D eigenvalue weighted by molar-refractivity contribution is 6.74. The van der Waals surface area contributed by atoms with E-state index < -0.39 is 0 Å². The van der Waals surface area contributed by atoms with Gasteiger partial charge in [0.2, 0.25) is 0 Å². The summed E-state index contributed by atoms with van der Waals surface area (Å²) in [6.07, 6.45) is 0. The van der Waals surface area contributed by atoms with Crippen molar-refractivity contribution in [3.8, 4) is 0 Å². The monoisotopic (exact) mass is 126 g/mol. The van der Waals surface area contributed by atoms with E-state index in [-0.39, 0.29) is 0 Å². The molecular weight excluding hydrogens is 120 g/mol. The summed E-state index contributed by atoms with van der Waals surface area (Å²) < 4.78 is 0. The molecule has 0 saturated carbocycles. The molecule has 0 aliphatic carbocycles. The predicted molar refractivity (Wildman–Crippen MR) is 31.7 cm³/mol. The van der Waals surface area contributed by atoms with Gasteiger partial charge in [-0.25, -0.2) is 0 Å². The van der Waals surface area contributed by atoms with E-state index in [9.17, 15) is 0 Å². The van der Waals surface area contributed by atoms with E-state index in [2.05, 4.69) is 0 Å². The van der Waals surface area contributed by atoms with Crippen molar-refractivity contribution in [2.75, 3.05) is 0 Å². The van der Waals surface area contributed by atoms with Crippen molar-refractivity contribution < 1.29 is 0 Å². The molecule has 0 spiro atoms. The summed E-state index contributed by atoms with van der Waals surface area (Å²) in [5.41, 5.74) is 4.69. The molecule has 0 aromatic heterocycles. The maximum Gasteiger partial charge on any atom is 0.0307 e. The first kappa shape index (κ1) is 4.80. The van der Waals surface area contributed by atoms with E-state index in [4.69, 9.17) is 0 Å². The first-order chi connectivity index (χ1) is 3.00. The van der Waals surface area contributed by atoms with Crippen molar-refractivity contribution in [3.05, 3.63) is 0 Å². The molecule has 0 N–H and O–H groups in total. The Bertz CT molecular complexity index is 21.5. The summed E-state index contributed by atoms with van der Waals surface area (Å²) in [5.74, 6) is 0. The summed E-state index contributed by atoms with van der Waals surface area (Å²) >= 11 is 0. The van der Waals surface area contributed by atoms with Crippen LogP contribution in [0.5, 0.6) is 0 Å². The predicted octanol–water partition coefficient (Wildman–Crippen LogP) is 0.240. The van der Waals surface area contributed by atoms with Crippen molar-refractivity contribution in [1.82, 2.24) is 0 Å². The van der Waals surface area contributed by atoms with Crippen LogP contribution in [0.15, 0.2) is 0 Å². The molecule has 6 heavy (non-hydrogen) atoms. The Balaban J connectivity index is 2.00. The van der Waals surface area contributed by atoms with Crippen LogP contribution in [-0.4, -0.2) is 28.6 Å². The SMILES string of the molecule is C1[Si]C[Si]C[Si]1. The Labute approximate surface area is 46.2 Å². The van der Waals surface area contributed by atoms with E-state index in [0.717, 1.165) is 0 Å². The molecule has 30 valence electrons. The van der Waals surface area contributed by atoms with Gasteiger partial charge >= 0.3 is 0 Å². The van der Waals surface area contributed by atoms with Crippen LogP contribution in [-0.2, 0) is 0 Å². The lowest BCUT2D eigenvalue weighted by Gasteiger charge is -2.02. The van der Waals surface area contributed by atoms with Gasteiger partial charge in [0.05, 0.1) is 0 Å². The molecule has 0 atom stereocenters. The third kappa shape index (κ3) is 1.40. The van der Waals surface area contributed by atoms with Crippen LogP contribution >= 0.6 is 0 Å². The molecule has 3 heteroatoms. The first-order valence-electron chi connectivity index (χ1n) is 2.12. The zero-order chi connectivity index (χ0) is 4.24. The zero-order valence-electron chi connectivity index (χ0n) is 3.62. The van der Waals surface area contributed by atoms with Crippen LogP contribution < -0.4 is 0 Å². The largest absolute Gasteiger partial charge is 0.0695 e. The van der Waals surface area contributed by atoms with Crippen molar-refractivity contribution in [2.45, 2.75) is 17.0 Å². The van der Waals surface area contributed by atoms with Crippen LogP contribution in [0.4, 0.5) is 0 Å². The number of hydrogen-bond donors (Lipinski definition) is 0. The molecule has 6 radical (unpaired) electrons. The Morgan fingerprint density at radius 3 is 1.17 bits per heavy atom. The van der Waals surface area contributed by atoms with Crippen molar-refractivity contribution in [1.29, 1.82) is 0 Å². The second-order valence-electron chi connectivity index (χ2n) is 1.28. The molecule has 0 amide bonds. The topological polar surface area (TPSA) is 0 Å². The average Bonchev–Trinajstić information content (AvgIpc) is 1.72. The Morgan fingerprint density at radius 1 is 0.667 bits per heavy atom. The normalized spacial score (nSPS) is 24.0. The minimum Gasteiger partial charge on any atom is -0.0695 e. The van der Waals surface area contributed by atoms with E-state index in [0.29, 0.717) is 0 Å². The third-order valence-corrected chi connectivity index (χ3v) is 6.75. The van der Waals surface area contributed by atoms with Gasteiger partial charge in [-0.05, 0) is 0 Å². The van der Waals surface area contributed by atoms with E-state index >= 15 is 0 Å². The van der Waals surface area contributed by atoms with E-state index in [1.807, 2.05) is 0 Å². The minimum atomic E-state index is 1.33. The third-order valence-electron chi connectivity index (χ3n) is 0.750. The molecule has 1 heterocycles. The van der Waals surface area contributed by atoms with Crippen LogP contribution in [0.3, 0.4) is 0 Å². The molecule has 1 rings (SSSR count). The molecule has 0 aromatic carbocycles. The fourth-order valence-corrected chi connectivity index (χ4v) is 7.45. The minimum absolute atomic E-state index is 1.33. The second-order valence-corrected chi connectivity index (χ2v) is 7.02. The Kier molecular flexibility index (Phi) is 2.21. The molecule has 1 aliphatic heterocycles. The summed E-state index contributed by atoms with van der Waals surface area (Å²) in [5, 5.41) is 0. The molecule has 1 saturated heterocycles. The lowest BCUT2D eigenvalue weighted by atomic mass is 11.8. The van der Waals surface area contributed by atoms with Gasteiger partial charge in [-0.15, -0.1) is 0 Å². The van der Waals surface area contributed by atoms with Gasteiger partial charge in [0.25, 0.3) is 0 Å². The molecule has 0 aromatic rings. The van der Waals surface area contributed by atoms with Gasteiger partial charge in [0.1, 0.15) is 0 Å². The fourth-order valence-electron chi connectivity index (χ4n) is 0.453. The second kappa shape index (κ2) is 2.76. The maximum atomic E-state index is 1.56. The Hall–Kier alpha value is 0.651. The highest BCUT2D eigenvalue weighted by Crippen LogP contribution is 1.94. The highest BCUT2D eigenvalue weighted by Gasteiger charge is 1.98.